The zero-order chi connectivity index (χ0) is 10.5. The first kappa shape index (κ1) is 10.9. The van der Waals surface area contributed by atoms with E-state index in [9.17, 15) is 0 Å². The Bertz CT molecular complexity index is 315. The van der Waals surface area contributed by atoms with Crippen LogP contribution in [-0.4, -0.2) is 28.4 Å². The van der Waals surface area contributed by atoms with Crippen molar-refractivity contribution in [1.29, 1.82) is 0 Å². The summed E-state index contributed by atoms with van der Waals surface area (Å²) in [4.78, 5) is 8.47. The fourth-order valence-corrected chi connectivity index (χ4v) is 2.61. The Morgan fingerprint density at radius 1 is 1.47 bits per heavy atom. The predicted octanol–water partition coefficient (Wildman–Crippen LogP) is 1.21. The van der Waals surface area contributed by atoms with Crippen LogP contribution in [0.5, 0.6) is 0 Å². The highest BCUT2D eigenvalue weighted by molar-refractivity contribution is 7.99. The summed E-state index contributed by atoms with van der Waals surface area (Å²) in [6.45, 7) is 1.34. The maximum Gasteiger partial charge on any atom is 0.119 e. The summed E-state index contributed by atoms with van der Waals surface area (Å²) >= 11 is 1.69. The number of hydrogen-bond acceptors (Lipinski definition) is 5. The van der Waals surface area contributed by atoms with Crippen LogP contribution in [0.1, 0.15) is 18.5 Å². The van der Waals surface area contributed by atoms with Gasteiger partial charge in [-0.2, -0.15) is 0 Å². The topological polar surface area (TPSA) is 61.0 Å². The minimum atomic E-state index is 0.377. The Morgan fingerprint density at radius 3 is 3.07 bits per heavy atom. The van der Waals surface area contributed by atoms with Crippen molar-refractivity contribution in [3.8, 4) is 0 Å². The number of nitrogens with zero attached hydrogens (tertiary/aromatic N) is 2. The minimum absolute atomic E-state index is 0.377. The molecule has 82 valence electrons. The highest BCUT2D eigenvalue weighted by Gasteiger charge is 2.16. The Kier molecular flexibility index (Phi) is 3.94. The van der Waals surface area contributed by atoms with E-state index < -0.39 is 0 Å². The van der Waals surface area contributed by atoms with Crippen molar-refractivity contribution >= 4 is 11.8 Å². The summed E-state index contributed by atoms with van der Waals surface area (Å²) in [5, 5.41) is 0.940. The number of aromatic nitrogens is 2. The molecule has 0 amide bonds. The van der Waals surface area contributed by atoms with Crippen molar-refractivity contribution in [2.45, 2.75) is 30.5 Å². The van der Waals surface area contributed by atoms with E-state index in [2.05, 4.69) is 9.97 Å². The lowest BCUT2D eigenvalue weighted by Gasteiger charge is -2.09. The Balaban J connectivity index is 1.91. The first-order valence-electron chi connectivity index (χ1n) is 5.14. The summed E-state index contributed by atoms with van der Waals surface area (Å²) < 4.78 is 5.55. The van der Waals surface area contributed by atoms with Crippen molar-refractivity contribution in [2.75, 3.05) is 12.4 Å². The summed E-state index contributed by atoms with van der Waals surface area (Å²) in [5.74, 6) is 0.950. The number of rotatable bonds is 4. The standard InChI is InChI=1S/C10H15N3OS/c11-6-9-10(13-4-3-12-9)15-7-8-2-1-5-14-8/h3-4,8H,1-2,5-7,11H2. The fourth-order valence-electron chi connectivity index (χ4n) is 1.56. The van der Waals surface area contributed by atoms with Gasteiger partial charge in [0.15, 0.2) is 0 Å². The molecule has 1 unspecified atom stereocenters. The van der Waals surface area contributed by atoms with Crippen LogP contribution in [-0.2, 0) is 11.3 Å². The smallest absolute Gasteiger partial charge is 0.119 e. The lowest BCUT2D eigenvalue weighted by Crippen LogP contribution is -2.09. The zero-order valence-electron chi connectivity index (χ0n) is 8.56. The Morgan fingerprint density at radius 2 is 2.33 bits per heavy atom. The van der Waals surface area contributed by atoms with E-state index in [1.165, 1.54) is 6.42 Å². The van der Waals surface area contributed by atoms with Crippen molar-refractivity contribution in [1.82, 2.24) is 9.97 Å². The maximum atomic E-state index is 5.59. The largest absolute Gasteiger partial charge is 0.377 e. The van der Waals surface area contributed by atoms with E-state index in [0.717, 1.165) is 29.5 Å². The molecule has 15 heavy (non-hydrogen) atoms. The molecule has 0 bridgehead atoms. The van der Waals surface area contributed by atoms with Gasteiger partial charge in [0, 0.05) is 31.3 Å². The molecule has 1 aliphatic heterocycles. The highest BCUT2D eigenvalue weighted by atomic mass is 32.2. The van der Waals surface area contributed by atoms with Crippen molar-refractivity contribution in [2.24, 2.45) is 5.73 Å². The van der Waals surface area contributed by atoms with Crippen LogP contribution in [0, 0.1) is 0 Å². The van der Waals surface area contributed by atoms with Crippen molar-refractivity contribution in [3.05, 3.63) is 18.1 Å². The van der Waals surface area contributed by atoms with E-state index >= 15 is 0 Å². The molecule has 0 radical (unpaired) electrons. The third kappa shape index (κ3) is 2.90. The van der Waals surface area contributed by atoms with Crippen molar-refractivity contribution < 1.29 is 4.74 Å². The van der Waals surface area contributed by atoms with Gasteiger partial charge in [0.1, 0.15) is 5.03 Å². The predicted molar refractivity (Wildman–Crippen MR) is 59.6 cm³/mol. The molecule has 1 aromatic heterocycles. The molecule has 5 heteroatoms. The average molecular weight is 225 g/mol. The number of nitrogens with two attached hydrogens (primary N) is 1. The summed E-state index contributed by atoms with van der Waals surface area (Å²) in [6, 6.07) is 0. The quantitative estimate of drug-likeness (QED) is 0.780. The second-order valence-corrected chi connectivity index (χ2v) is 4.47. The molecule has 4 nitrogen and oxygen atoms in total. The molecule has 1 aromatic rings. The Hall–Kier alpha value is -0.650. The van der Waals surface area contributed by atoms with Crippen LogP contribution in [0.15, 0.2) is 17.4 Å². The molecule has 2 rings (SSSR count). The van der Waals surface area contributed by atoms with E-state index in [0.29, 0.717) is 12.6 Å². The molecule has 0 aliphatic carbocycles. The van der Waals surface area contributed by atoms with E-state index in [1.54, 1.807) is 24.2 Å². The van der Waals surface area contributed by atoms with Gasteiger partial charge in [-0.15, -0.1) is 11.8 Å². The molecule has 1 fully saturated rings. The molecule has 1 atom stereocenters. The second kappa shape index (κ2) is 5.44. The molecular formula is C10H15N3OS. The monoisotopic (exact) mass is 225 g/mol. The normalized spacial score (nSPS) is 20.7. The van der Waals surface area contributed by atoms with E-state index in [4.69, 9.17) is 10.5 Å². The lowest BCUT2D eigenvalue weighted by atomic mass is 10.3. The van der Waals surface area contributed by atoms with Gasteiger partial charge in [-0.1, -0.05) is 0 Å². The second-order valence-electron chi connectivity index (χ2n) is 3.46. The Labute approximate surface area is 93.6 Å². The van der Waals surface area contributed by atoms with Crippen LogP contribution < -0.4 is 5.73 Å². The molecule has 2 N–H and O–H groups in total. The van der Waals surface area contributed by atoms with Gasteiger partial charge in [0.05, 0.1) is 11.8 Å². The number of ether oxygens (including phenoxy) is 1. The van der Waals surface area contributed by atoms with Crippen LogP contribution in [0.3, 0.4) is 0 Å². The molecular weight excluding hydrogens is 210 g/mol. The van der Waals surface area contributed by atoms with Gasteiger partial charge in [-0.25, -0.2) is 4.98 Å². The maximum absolute atomic E-state index is 5.59. The van der Waals surface area contributed by atoms with Gasteiger partial charge < -0.3 is 10.5 Å². The average Bonchev–Trinajstić information content (AvgIpc) is 2.79. The zero-order valence-corrected chi connectivity index (χ0v) is 9.37. The van der Waals surface area contributed by atoms with Gasteiger partial charge in [0.25, 0.3) is 0 Å². The molecule has 0 aromatic carbocycles. The third-order valence-corrected chi connectivity index (χ3v) is 3.51. The van der Waals surface area contributed by atoms with Crippen LogP contribution in [0.2, 0.25) is 0 Å². The fraction of sp³-hybridized carbons (Fsp3) is 0.600. The van der Waals surface area contributed by atoms with E-state index in [-0.39, 0.29) is 0 Å². The third-order valence-electron chi connectivity index (χ3n) is 2.36. The molecule has 1 saturated heterocycles. The summed E-state index contributed by atoms with van der Waals surface area (Å²) in [6.07, 6.45) is 6.10. The molecule has 0 saturated carbocycles. The first-order valence-corrected chi connectivity index (χ1v) is 6.13. The van der Waals surface area contributed by atoms with E-state index in [1.807, 2.05) is 0 Å². The highest BCUT2D eigenvalue weighted by Crippen LogP contribution is 2.23. The van der Waals surface area contributed by atoms with Crippen LogP contribution in [0.25, 0.3) is 0 Å². The van der Waals surface area contributed by atoms with Crippen LogP contribution in [0.4, 0.5) is 0 Å². The van der Waals surface area contributed by atoms with Gasteiger partial charge in [0.2, 0.25) is 0 Å². The minimum Gasteiger partial charge on any atom is -0.377 e. The summed E-state index contributed by atoms with van der Waals surface area (Å²) in [7, 11) is 0. The number of hydrogen-bond donors (Lipinski definition) is 1. The molecule has 0 spiro atoms. The lowest BCUT2D eigenvalue weighted by molar-refractivity contribution is 0.129. The molecule has 1 aliphatic rings. The van der Waals surface area contributed by atoms with Crippen molar-refractivity contribution in [3.63, 3.8) is 0 Å². The van der Waals surface area contributed by atoms with Gasteiger partial charge in [-0.3, -0.25) is 4.98 Å². The molecule has 2 heterocycles. The van der Waals surface area contributed by atoms with Gasteiger partial charge >= 0.3 is 0 Å². The van der Waals surface area contributed by atoms with Gasteiger partial charge in [-0.05, 0) is 12.8 Å². The number of thioether (sulfide) groups is 1. The first-order chi connectivity index (χ1) is 7.40. The SMILES string of the molecule is NCc1nccnc1SCC1CCCO1. The summed E-state index contributed by atoms with van der Waals surface area (Å²) in [5.41, 5.74) is 6.46. The van der Waals surface area contributed by atoms with Crippen LogP contribution >= 0.6 is 11.8 Å².